The maximum absolute atomic E-state index is 12.2. The van der Waals surface area contributed by atoms with Crippen LogP contribution in [0.25, 0.3) is 0 Å². The van der Waals surface area contributed by atoms with Gasteiger partial charge in [0.25, 0.3) is 5.91 Å². The van der Waals surface area contributed by atoms with Crippen molar-refractivity contribution in [1.82, 2.24) is 5.32 Å². The number of hydrogen-bond donors (Lipinski definition) is 6. The van der Waals surface area contributed by atoms with Crippen LogP contribution in [0.4, 0.5) is 18.9 Å². The average molecular weight is 561 g/mol. The van der Waals surface area contributed by atoms with Crippen LogP contribution >= 0.6 is 0 Å². The van der Waals surface area contributed by atoms with Crippen molar-refractivity contribution in [2.75, 3.05) is 5.32 Å². The molecular formula is C27H27F3N4O6. The Morgan fingerprint density at radius 2 is 1.55 bits per heavy atom. The molecule has 0 saturated carbocycles. The Morgan fingerprint density at radius 1 is 0.950 bits per heavy atom. The second-order valence-corrected chi connectivity index (χ2v) is 8.32. The van der Waals surface area contributed by atoms with Crippen molar-refractivity contribution >= 4 is 29.4 Å². The first-order valence-corrected chi connectivity index (χ1v) is 11.6. The molecule has 0 fully saturated rings. The van der Waals surface area contributed by atoms with Crippen molar-refractivity contribution in [2.24, 2.45) is 11.5 Å². The van der Waals surface area contributed by atoms with E-state index in [0.717, 1.165) is 11.3 Å². The molecule has 0 aromatic heterocycles. The predicted molar refractivity (Wildman–Crippen MR) is 139 cm³/mol. The normalized spacial score (nSPS) is 14.1. The van der Waals surface area contributed by atoms with Gasteiger partial charge < -0.3 is 32.3 Å². The maximum atomic E-state index is 12.2. The number of halogens is 3. The molecule has 2 atom stereocenters. The molecule has 0 saturated heterocycles. The highest BCUT2D eigenvalue weighted by Gasteiger charge is 2.38. The molecule has 1 unspecified atom stereocenters. The maximum Gasteiger partial charge on any atom is 0.490 e. The SMILES string of the molecule is NC(=O)C1Cc2ccccc2N1.NCc1cccc(C(=O)N[C@@H](C(=O)O)c2ccccc2)c1.O=C(O)C(F)(F)F. The fourth-order valence-corrected chi connectivity index (χ4v) is 3.46. The first kappa shape index (κ1) is 31.3. The number of primary amides is 1. The number of para-hydroxylation sites is 1. The van der Waals surface area contributed by atoms with Gasteiger partial charge in [-0.25, -0.2) is 9.59 Å². The summed E-state index contributed by atoms with van der Waals surface area (Å²) in [5.74, 6) is -4.59. The third kappa shape index (κ3) is 9.44. The van der Waals surface area contributed by atoms with Gasteiger partial charge in [0.2, 0.25) is 5.91 Å². The van der Waals surface area contributed by atoms with E-state index in [-0.39, 0.29) is 11.9 Å². The summed E-state index contributed by atoms with van der Waals surface area (Å²) in [6.45, 7) is 0.322. The standard InChI is InChI=1S/C16H16N2O3.C9H10N2O.C2HF3O2/c17-10-11-5-4-8-13(9-11)15(19)18-14(16(20)21)12-6-2-1-3-7-12;10-9(12)8-5-6-3-1-2-4-7(6)11-8;3-2(4,5)1(6)7/h1-9,14H,10,17H2,(H,18,19)(H,20,21);1-4,8,11H,5H2,(H2,10,12);(H,6,7)/t14-;;/m1../s1. The van der Waals surface area contributed by atoms with Gasteiger partial charge in [-0.1, -0.05) is 60.7 Å². The molecule has 0 bridgehead atoms. The molecule has 3 aromatic rings. The first-order chi connectivity index (χ1) is 18.8. The zero-order chi connectivity index (χ0) is 29.9. The largest absolute Gasteiger partial charge is 0.490 e. The number of carbonyl (C=O) groups excluding carboxylic acids is 2. The van der Waals surface area contributed by atoms with Crippen LogP contribution in [-0.2, 0) is 27.3 Å². The number of benzene rings is 3. The Bertz CT molecular complexity index is 1310. The number of nitrogens with one attached hydrogen (secondary N) is 2. The molecule has 10 nitrogen and oxygen atoms in total. The lowest BCUT2D eigenvalue weighted by Gasteiger charge is -2.15. The molecule has 2 amide bonds. The van der Waals surface area contributed by atoms with Crippen LogP contribution < -0.4 is 22.1 Å². The molecule has 0 radical (unpaired) electrons. The molecule has 212 valence electrons. The molecule has 0 aliphatic carbocycles. The fourth-order valence-electron chi connectivity index (χ4n) is 3.46. The van der Waals surface area contributed by atoms with Gasteiger partial charge in [0.15, 0.2) is 6.04 Å². The van der Waals surface area contributed by atoms with Crippen molar-refractivity contribution in [3.8, 4) is 0 Å². The molecular weight excluding hydrogens is 533 g/mol. The predicted octanol–water partition coefficient (Wildman–Crippen LogP) is 2.84. The van der Waals surface area contributed by atoms with E-state index in [2.05, 4.69) is 10.6 Å². The van der Waals surface area contributed by atoms with Crippen LogP contribution in [0.5, 0.6) is 0 Å². The van der Waals surface area contributed by atoms with E-state index in [9.17, 15) is 32.7 Å². The Morgan fingerprint density at radius 3 is 2.08 bits per heavy atom. The van der Waals surface area contributed by atoms with Crippen LogP contribution in [0.1, 0.15) is 33.1 Å². The van der Waals surface area contributed by atoms with Crippen molar-refractivity contribution in [3.63, 3.8) is 0 Å². The minimum atomic E-state index is -5.08. The van der Waals surface area contributed by atoms with Crippen LogP contribution in [0.2, 0.25) is 0 Å². The second-order valence-electron chi connectivity index (χ2n) is 8.32. The van der Waals surface area contributed by atoms with Gasteiger partial charge in [0.05, 0.1) is 0 Å². The first-order valence-electron chi connectivity index (χ1n) is 11.6. The number of anilines is 1. The van der Waals surface area contributed by atoms with Crippen molar-refractivity contribution in [1.29, 1.82) is 0 Å². The quantitative estimate of drug-likeness (QED) is 0.266. The van der Waals surface area contributed by atoms with Crippen LogP contribution in [-0.4, -0.2) is 46.2 Å². The van der Waals surface area contributed by atoms with Gasteiger partial charge >= 0.3 is 18.1 Å². The van der Waals surface area contributed by atoms with Crippen molar-refractivity contribution in [2.45, 2.75) is 31.2 Å². The Kier molecular flexibility index (Phi) is 11.2. The number of carboxylic acid groups (broad SMARTS) is 2. The number of rotatable bonds is 6. The molecule has 40 heavy (non-hydrogen) atoms. The summed E-state index contributed by atoms with van der Waals surface area (Å²) >= 11 is 0. The lowest BCUT2D eigenvalue weighted by atomic mass is 10.1. The van der Waals surface area contributed by atoms with Gasteiger partial charge in [-0.2, -0.15) is 13.2 Å². The van der Waals surface area contributed by atoms with E-state index in [1.54, 1.807) is 48.5 Å². The number of hydrogen-bond acceptors (Lipinski definition) is 6. The summed E-state index contributed by atoms with van der Waals surface area (Å²) in [6, 6.07) is 21.9. The monoisotopic (exact) mass is 560 g/mol. The Balaban J connectivity index is 0.000000247. The van der Waals surface area contributed by atoms with Gasteiger partial charge in [0, 0.05) is 24.2 Å². The number of carboxylic acids is 2. The fraction of sp³-hybridized carbons (Fsp3) is 0.185. The summed E-state index contributed by atoms with van der Waals surface area (Å²) < 4.78 is 31.7. The van der Waals surface area contributed by atoms with E-state index in [1.165, 1.54) is 5.56 Å². The average Bonchev–Trinajstić information content (AvgIpc) is 3.37. The molecule has 3 aromatic carbocycles. The number of aliphatic carboxylic acids is 2. The number of alkyl halides is 3. The highest BCUT2D eigenvalue weighted by atomic mass is 19.4. The van der Waals surface area contributed by atoms with Crippen molar-refractivity contribution in [3.05, 3.63) is 101 Å². The van der Waals surface area contributed by atoms with Gasteiger partial charge in [-0.3, -0.25) is 9.59 Å². The van der Waals surface area contributed by atoms with E-state index in [0.29, 0.717) is 24.1 Å². The van der Waals surface area contributed by atoms with Gasteiger partial charge in [-0.05, 0) is 34.9 Å². The minimum absolute atomic E-state index is 0.220. The Hall–Kier alpha value is -4.91. The van der Waals surface area contributed by atoms with E-state index in [4.69, 9.17) is 21.4 Å². The molecule has 1 aliphatic heterocycles. The van der Waals surface area contributed by atoms with Crippen LogP contribution in [0.3, 0.4) is 0 Å². The number of carbonyl (C=O) groups is 4. The summed E-state index contributed by atoms with van der Waals surface area (Å²) in [5, 5.41) is 22.0. The van der Waals surface area contributed by atoms with E-state index >= 15 is 0 Å². The molecule has 13 heteroatoms. The highest BCUT2D eigenvalue weighted by Crippen LogP contribution is 2.24. The van der Waals surface area contributed by atoms with Crippen molar-refractivity contribution < 1.29 is 42.6 Å². The number of nitrogens with two attached hydrogens (primary N) is 2. The summed E-state index contributed by atoms with van der Waals surface area (Å²) in [6.07, 6.45) is -4.37. The third-order valence-electron chi connectivity index (χ3n) is 5.44. The Labute approximate surface area is 226 Å². The molecule has 4 rings (SSSR count). The third-order valence-corrected chi connectivity index (χ3v) is 5.44. The number of amides is 2. The van der Waals surface area contributed by atoms with Gasteiger partial charge in [0.1, 0.15) is 6.04 Å². The summed E-state index contributed by atoms with van der Waals surface area (Å²) in [5.41, 5.74) is 14.6. The summed E-state index contributed by atoms with van der Waals surface area (Å²) in [7, 11) is 0. The molecule has 1 heterocycles. The topological polar surface area (TPSA) is 185 Å². The minimum Gasteiger partial charge on any atom is -0.479 e. The molecule has 1 aliphatic rings. The van der Waals surface area contributed by atoms with Crippen LogP contribution in [0, 0.1) is 0 Å². The smallest absolute Gasteiger partial charge is 0.479 e. The zero-order valence-corrected chi connectivity index (χ0v) is 20.9. The van der Waals surface area contributed by atoms with E-state index in [1.807, 2.05) is 30.3 Å². The lowest BCUT2D eigenvalue weighted by Crippen LogP contribution is -2.33. The highest BCUT2D eigenvalue weighted by molar-refractivity contribution is 5.97. The summed E-state index contributed by atoms with van der Waals surface area (Å²) in [4.78, 5) is 43.3. The lowest BCUT2D eigenvalue weighted by molar-refractivity contribution is -0.192. The number of fused-ring (bicyclic) bond motifs is 1. The van der Waals surface area contributed by atoms with E-state index < -0.39 is 30.1 Å². The zero-order valence-electron chi connectivity index (χ0n) is 20.9. The second kappa shape index (κ2) is 14.3. The van der Waals surface area contributed by atoms with Crippen LogP contribution in [0.15, 0.2) is 78.9 Å². The van der Waals surface area contributed by atoms with Gasteiger partial charge in [-0.15, -0.1) is 0 Å². The molecule has 8 N–H and O–H groups in total. The molecule has 0 spiro atoms.